The predicted octanol–water partition coefficient (Wildman–Crippen LogP) is 5.35. The molecule has 0 saturated carbocycles. The van der Waals surface area contributed by atoms with E-state index in [1.807, 2.05) is 24.3 Å². The van der Waals surface area contributed by atoms with Crippen LogP contribution in [0.4, 0.5) is 14.9 Å². The SMILES string of the molecule is Nc1cccc(F)c1C=CCCNC(=O)OCC1c2ccccc2-c2ccccc21. The van der Waals surface area contributed by atoms with Crippen molar-refractivity contribution in [3.63, 3.8) is 0 Å². The van der Waals surface area contributed by atoms with E-state index in [-0.39, 0.29) is 18.3 Å². The second kappa shape index (κ2) is 8.82. The van der Waals surface area contributed by atoms with Gasteiger partial charge in [-0.1, -0.05) is 66.7 Å². The summed E-state index contributed by atoms with van der Waals surface area (Å²) in [6.07, 6.45) is 3.48. The Morgan fingerprint density at radius 3 is 2.33 bits per heavy atom. The molecule has 0 fully saturated rings. The van der Waals surface area contributed by atoms with E-state index in [4.69, 9.17) is 10.5 Å². The fraction of sp³-hybridized carbons (Fsp3) is 0.160. The number of hydrogen-bond donors (Lipinski definition) is 2. The summed E-state index contributed by atoms with van der Waals surface area (Å²) < 4.78 is 19.2. The Morgan fingerprint density at radius 1 is 1.00 bits per heavy atom. The van der Waals surface area contributed by atoms with Crippen molar-refractivity contribution >= 4 is 17.9 Å². The number of nitrogens with one attached hydrogen (secondary N) is 1. The molecule has 0 radical (unpaired) electrons. The van der Waals surface area contributed by atoms with Crippen molar-refractivity contribution < 1.29 is 13.9 Å². The molecule has 0 saturated heterocycles. The van der Waals surface area contributed by atoms with Crippen LogP contribution in [0.3, 0.4) is 0 Å². The van der Waals surface area contributed by atoms with Crippen LogP contribution in [0.1, 0.15) is 29.0 Å². The summed E-state index contributed by atoms with van der Waals surface area (Å²) in [5.74, 6) is -0.331. The molecule has 0 unspecified atom stereocenters. The van der Waals surface area contributed by atoms with E-state index in [0.29, 0.717) is 24.2 Å². The average molecular weight is 402 g/mol. The Hall–Kier alpha value is -3.60. The minimum atomic E-state index is -0.462. The lowest BCUT2D eigenvalue weighted by atomic mass is 9.98. The molecule has 0 atom stereocenters. The quantitative estimate of drug-likeness (QED) is 0.431. The molecule has 0 aromatic heterocycles. The first kappa shape index (κ1) is 19.7. The smallest absolute Gasteiger partial charge is 0.407 e. The maximum absolute atomic E-state index is 13.7. The third-order valence-electron chi connectivity index (χ3n) is 5.30. The van der Waals surface area contributed by atoms with Gasteiger partial charge >= 0.3 is 6.09 Å². The second-order valence-electron chi connectivity index (χ2n) is 7.19. The van der Waals surface area contributed by atoms with Crippen molar-refractivity contribution in [2.75, 3.05) is 18.9 Å². The van der Waals surface area contributed by atoms with E-state index in [2.05, 4.69) is 29.6 Å². The van der Waals surface area contributed by atoms with Gasteiger partial charge in [0.1, 0.15) is 12.4 Å². The average Bonchev–Trinajstić information content (AvgIpc) is 3.08. The molecule has 3 aromatic carbocycles. The molecule has 0 aliphatic heterocycles. The monoisotopic (exact) mass is 402 g/mol. The molecule has 0 bridgehead atoms. The lowest BCUT2D eigenvalue weighted by Gasteiger charge is -2.14. The molecule has 0 spiro atoms. The second-order valence-corrected chi connectivity index (χ2v) is 7.19. The van der Waals surface area contributed by atoms with Crippen molar-refractivity contribution in [3.8, 4) is 11.1 Å². The van der Waals surface area contributed by atoms with Crippen LogP contribution in [0.15, 0.2) is 72.8 Å². The van der Waals surface area contributed by atoms with Gasteiger partial charge in [-0.2, -0.15) is 0 Å². The summed E-state index contributed by atoms with van der Waals surface area (Å²) in [5.41, 5.74) is 11.3. The van der Waals surface area contributed by atoms with Gasteiger partial charge in [0.25, 0.3) is 0 Å². The summed E-state index contributed by atoms with van der Waals surface area (Å²) in [5, 5.41) is 2.73. The van der Waals surface area contributed by atoms with E-state index in [0.717, 1.165) is 0 Å². The molecule has 1 aliphatic rings. The van der Waals surface area contributed by atoms with Crippen molar-refractivity contribution in [2.24, 2.45) is 0 Å². The van der Waals surface area contributed by atoms with Crippen LogP contribution in [0.5, 0.6) is 0 Å². The van der Waals surface area contributed by atoms with Gasteiger partial charge < -0.3 is 15.8 Å². The van der Waals surface area contributed by atoms with Gasteiger partial charge in [0, 0.05) is 23.7 Å². The van der Waals surface area contributed by atoms with E-state index in [1.54, 1.807) is 24.3 Å². The lowest BCUT2D eigenvalue weighted by Crippen LogP contribution is -2.26. The predicted molar refractivity (Wildman–Crippen MR) is 118 cm³/mol. The first-order chi connectivity index (χ1) is 14.6. The number of ether oxygens (including phenoxy) is 1. The number of hydrogen-bond acceptors (Lipinski definition) is 3. The maximum Gasteiger partial charge on any atom is 0.407 e. The fourth-order valence-corrected chi connectivity index (χ4v) is 3.84. The highest BCUT2D eigenvalue weighted by atomic mass is 19.1. The van der Waals surface area contributed by atoms with Crippen LogP contribution < -0.4 is 11.1 Å². The van der Waals surface area contributed by atoms with Gasteiger partial charge in [-0.15, -0.1) is 0 Å². The van der Waals surface area contributed by atoms with Crippen LogP contribution in [0.2, 0.25) is 0 Å². The van der Waals surface area contributed by atoms with Gasteiger partial charge in [-0.3, -0.25) is 0 Å². The molecule has 5 heteroatoms. The molecular formula is C25H23FN2O2. The summed E-state index contributed by atoms with van der Waals surface area (Å²) in [6, 6.07) is 21.0. The Morgan fingerprint density at radius 2 is 1.67 bits per heavy atom. The number of rotatable bonds is 6. The zero-order valence-electron chi connectivity index (χ0n) is 16.5. The maximum atomic E-state index is 13.7. The van der Waals surface area contributed by atoms with Gasteiger partial charge in [-0.25, -0.2) is 9.18 Å². The Labute approximate surface area is 175 Å². The Kier molecular flexibility index (Phi) is 5.80. The zero-order valence-corrected chi connectivity index (χ0v) is 16.5. The third kappa shape index (κ3) is 4.06. The molecule has 30 heavy (non-hydrogen) atoms. The van der Waals surface area contributed by atoms with Gasteiger partial charge in [0.2, 0.25) is 0 Å². The highest BCUT2D eigenvalue weighted by Gasteiger charge is 2.28. The normalized spacial score (nSPS) is 12.6. The standard InChI is InChI=1S/C25H23FN2O2/c26-23-13-7-14-24(27)21(23)12-5-6-15-28-25(29)30-16-22-19-10-3-1-8-17(19)18-9-2-4-11-20(18)22/h1-5,7-14,22H,6,15-16,27H2,(H,28,29). The molecule has 0 heterocycles. The minimum absolute atomic E-state index is 0.0343. The van der Waals surface area contributed by atoms with Gasteiger partial charge in [0.15, 0.2) is 0 Å². The van der Waals surface area contributed by atoms with Crippen LogP contribution >= 0.6 is 0 Å². The van der Waals surface area contributed by atoms with E-state index in [1.165, 1.54) is 28.3 Å². The summed E-state index contributed by atoms with van der Waals surface area (Å²) in [4.78, 5) is 12.1. The van der Waals surface area contributed by atoms with E-state index in [9.17, 15) is 9.18 Å². The van der Waals surface area contributed by atoms with Crippen molar-refractivity contribution in [1.82, 2.24) is 5.32 Å². The summed E-state index contributed by atoms with van der Waals surface area (Å²) in [6.45, 7) is 0.670. The number of nitrogens with two attached hydrogens (primary N) is 1. The number of amides is 1. The van der Waals surface area contributed by atoms with Crippen molar-refractivity contribution in [1.29, 1.82) is 0 Å². The Balaban J connectivity index is 1.29. The molecule has 152 valence electrons. The van der Waals surface area contributed by atoms with Crippen LogP contribution in [-0.4, -0.2) is 19.2 Å². The number of anilines is 1. The topological polar surface area (TPSA) is 64.3 Å². The molecule has 1 aliphatic carbocycles. The zero-order chi connectivity index (χ0) is 20.9. The number of halogens is 1. The minimum Gasteiger partial charge on any atom is -0.449 e. The summed E-state index contributed by atoms with van der Waals surface area (Å²) in [7, 11) is 0. The number of nitrogen functional groups attached to an aromatic ring is 1. The number of fused-ring (bicyclic) bond motifs is 3. The van der Waals surface area contributed by atoms with Gasteiger partial charge in [-0.05, 0) is 40.8 Å². The lowest BCUT2D eigenvalue weighted by molar-refractivity contribution is 0.143. The molecule has 4 nitrogen and oxygen atoms in total. The largest absolute Gasteiger partial charge is 0.449 e. The van der Waals surface area contributed by atoms with Crippen LogP contribution in [-0.2, 0) is 4.74 Å². The highest BCUT2D eigenvalue weighted by molar-refractivity contribution is 5.79. The molecule has 3 N–H and O–H groups in total. The number of benzene rings is 3. The van der Waals surface area contributed by atoms with E-state index >= 15 is 0 Å². The van der Waals surface area contributed by atoms with Crippen LogP contribution in [0, 0.1) is 5.82 Å². The third-order valence-corrected chi connectivity index (χ3v) is 5.30. The van der Waals surface area contributed by atoms with Gasteiger partial charge in [0.05, 0.1) is 0 Å². The highest BCUT2D eigenvalue weighted by Crippen LogP contribution is 2.44. The van der Waals surface area contributed by atoms with Crippen molar-refractivity contribution in [2.45, 2.75) is 12.3 Å². The summed E-state index contributed by atoms with van der Waals surface area (Å²) >= 11 is 0. The number of alkyl carbamates (subject to hydrolysis) is 1. The number of carbonyl (C=O) groups is 1. The fourth-order valence-electron chi connectivity index (χ4n) is 3.84. The first-order valence-electron chi connectivity index (χ1n) is 9.94. The Bertz CT molecular complexity index is 1030. The van der Waals surface area contributed by atoms with Crippen LogP contribution in [0.25, 0.3) is 17.2 Å². The molecular weight excluding hydrogens is 379 g/mol. The first-order valence-corrected chi connectivity index (χ1v) is 9.94. The van der Waals surface area contributed by atoms with Crippen molar-refractivity contribution in [3.05, 3.63) is 95.3 Å². The molecule has 4 rings (SSSR count). The van der Waals surface area contributed by atoms with E-state index < -0.39 is 6.09 Å². The molecule has 1 amide bonds. The molecule has 3 aromatic rings. The number of carbonyl (C=O) groups excluding carboxylic acids is 1.